The predicted molar refractivity (Wildman–Crippen MR) is 415 cm³/mol. The molecule has 20 rings (SSSR count). The van der Waals surface area contributed by atoms with Gasteiger partial charge in [-0.05, 0) is 170 Å². The van der Waals surface area contributed by atoms with Gasteiger partial charge in [-0.2, -0.15) is 0 Å². The van der Waals surface area contributed by atoms with E-state index in [1.807, 2.05) is 0 Å². The Hall–Kier alpha value is -13.0. The van der Waals surface area contributed by atoms with Gasteiger partial charge in [-0.25, -0.2) is 0 Å². The van der Waals surface area contributed by atoms with E-state index < -0.39 is 0 Å². The number of para-hydroxylation sites is 4. The molecular weight excluding hydrogens is 1190 g/mol. The molecule has 0 atom stereocenters. The number of fused-ring (bicyclic) bond motifs is 13. The van der Waals surface area contributed by atoms with E-state index in [4.69, 9.17) is 0 Å². The highest BCUT2D eigenvalue weighted by Crippen LogP contribution is 2.44. The van der Waals surface area contributed by atoms with Crippen molar-refractivity contribution in [3.8, 4) is 78.4 Å². The lowest BCUT2D eigenvalue weighted by molar-refractivity contribution is 1.16. The second kappa shape index (κ2) is 23.5. The molecule has 0 amide bonds. The summed E-state index contributed by atoms with van der Waals surface area (Å²) in [5.74, 6) is 0. The molecule has 458 valence electrons. The normalized spacial score (nSPS) is 11.7. The summed E-state index contributed by atoms with van der Waals surface area (Å²) < 4.78 is 9.73. The Morgan fingerprint density at radius 1 is 0.133 bits per heavy atom. The molecule has 0 spiro atoms. The van der Waals surface area contributed by atoms with Crippen LogP contribution in [0.25, 0.3) is 176 Å². The number of hydrogen-bond donors (Lipinski definition) is 0. The van der Waals surface area contributed by atoms with E-state index in [0.29, 0.717) is 0 Å². The minimum absolute atomic E-state index is 1.14. The standard InChI is InChI=1S/C48H32N2.C46H30N2/c1-4-12-33(13-5-1)35-20-22-36(23-21-35)37-24-27-40(28-25-37)50-46-30-38(34-14-6-2-7-15-34)26-29-42(46)44-31-43-41-18-10-11-19-45(41)49(47(43)32-48(44)50)39-16-8-3-9-17-39;1-3-13-31(14-4-1)33-25-26-44-40(28-33)42-29-41-39-22-9-10-24-43(39)47(35-18-5-2-6-19-35)45(41)30-46(42)48(44)36-20-11-17-34(27-36)38-23-12-16-32-15-7-8-21-37(32)38/h1-32H;1-30H. The molecule has 0 radical (unpaired) electrons. The second-order valence-electron chi connectivity index (χ2n) is 25.6. The number of nitrogens with zero attached hydrogens (tertiary/aromatic N) is 4. The van der Waals surface area contributed by atoms with Crippen LogP contribution in [0, 0.1) is 0 Å². The van der Waals surface area contributed by atoms with E-state index in [-0.39, 0.29) is 0 Å². The second-order valence-corrected chi connectivity index (χ2v) is 25.6. The lowest BCUT2D eigenvalue weighted by Gasteiger charge is -2.13. The molecule has 0 aliphatic carbocycles. The summed E-state index contributed by atoms with van der Waals surface area (Å²) in [7, 11) is 0. The Bertz CT molecular complexity index is 6410. The third kappa shape index (κ3) is 9.52. The van der Waals surface area contributed by atoms with Crippen LogP contribution in [-0.4, -0.2) is 18.3 Å². The van der Waals surface area contributed by atoms with E-state index in [9.17, 15) is 0 Å². The lowest BCUT2D eigenvalue weighted by atomic mass is 9.98. The van der Waals surface area contributed by atoms with E-state index in [1.54, 1.807) is 0 Å². The first kappa shape index (κ1) is 56.5. The molecule has 4 heterocycles. The highest BCUT2D eigenvalue weighted by Gasteiger charge is 2.22. The van der Waals surface area contributed by atoms with Crippen molar-refractivity contribution in [2.24, 2.45) is 0 Å². The summed E-state index contributed by atoms with van der Waals surface area (Å²) >= 11 is 0. The maximum Gasteiger partial charge on any atom is 0.0562 e. The summed E-state index contributed by atoms with van der Waals surface area (Å²) in [6.45, 7) is 0. The molecular formula is C94H62N4. The monoisotopic (exact) mass is 1250 g/mol. The number of hydrogen-bond acceptors (Lipinski definition) is 0. The molecule has 20 aromatic rings. The van der Waals surface area contributed by atoms with Crippen LogP contribution in [0.2, 0.25) is 0 Å². The Balaban J connectivity index is 0.000000137. The molecule has 4 nitrogen and oxygen atoms in total. The van der Waals surface area contributed by atoms with Crippen LogP contribution in [0.3, 0.4) is 0 Å². The summed E-state index contributed by atoms with van der Waals surface area (Å²) in [5.41, 5.74) is 26.4. The van der Waals surface area contributed by atoms with Gasteiger partial charge in [-0.15, -0.1) is 0 Å². The van der Waals surface area contributed by atoms with Gasteiger partial charge < -0.3 is 18.3 Å². The zero-order chi connectivity index (χ0) is 64.6. The van der Waals surface area contributed by atoms with Crippen molar-refractivity contribution in [2.75, 3.05) is 0 Å². The fraction of sp³-hybridized carbons (Fsp3) is 0. The molecule has 0 fully saturated rings. The zero-order valence-corrected chi connectivity index (χ0v) is 53.6. The van der Waals surface area contributed by atoms with E-state index >= 15 is 0 Å². The first-order valence-corrected chi connectivity index (χ1v) is 33.7. The van der Waals surface area contributed by atoms with Gasteiger partial charge in [0.15, 0.2) is 0 Å². The fourth-order valence-corrected chi connectivity index (χ4v) is 15.4. The Labute approximate surface area is 567 Å². The Morgan fingerprint density at radius 2 is 0.449 bits per heavy atom. The predicted octanol–water partition coefficient (Wildman–Crippen LogP) is 25.2. The summed E-state index contributed by atoms with van der Waals surface area (Å²) in [6.07, 6.45) is 0. The van der Waals surface area contributed by atoms with Crippen LogP contribution in [0.1, 0.15) is 0 Å². The number of benzene rings is 16. The Morgan fingerprint density at radius 3 is 1.00 bits per heavy atom. The average Bonchev–Trinajstić information content (AvgIpc) is 1.56. The van der Waals surface area contributed by atoms with E-state index in [2.05, 4.69) is 394 Å². The SMILES string of the molecule is c1ccc(-c2ccc(-c3ccc(-n4c5cc(-c6ccccc6)ccc5c5cc6c7ccccc7n(-c7ccccc7)c6cc54)cc3)cc2)cc1.c1ccc(-c2ccc3c(c2)c2cc4c5ccccc5n(-c5ccccc5)c4cc2n3-c2cccc(-c3cccc4ccccc34)c2)cc1. The zero-order valence-electron chi connectivity index (χ0n) is 53.6. The molecule has 0 N–H and O–H groups in total. The molecule has 0 bridgehead atoms. The van der Waals surface area contributed by atoms with Crippen LogP contribution in [0.15, 0.2) is 376 Å². The minimum atomic E-state index is 1.14. The van der Waals surface area contributed by atoms with Crippen molar-refractivity contribution in [1.82, 2.24) is 18.3 Å². The van der Waals surface area contributed by atoms with Crippen molar-refractivity contribution >= 4 is 98.0 Å². The van der Waals surface area contributed by atoms with E-state index in [1.165, 1.54) is 154 Å². The smallest absolute Gasteiger partial charge is 0.0562 e. The highest BCUT2D eigenvalue weighted by atomic mass is 15.0. The van der Waals surface area contributed by atoms with Gasteiger partial charge in [0.05, 0.1) is 44.1 Å². The molecule has 0 saturated carbocycles. The van der Waals surface area contributed by atoms with E-state index in [0.717, 1.165) is 22.7 Å². The quantitative estimate of drug-likeness (QED) is 0.137. The van der Waals surface area contributed by atoms with Crippen LogP contribution in [0.4, 0.5) is 0 Å². The highest BCUT2D eigenvalue weighted by molar-refractivity contribution is 6.21. The van der Waals surface area contributed by atoms with Crippen LogP contribution < -0.4 is 0 Å². The maximum atomic E-state index is 2.46. The lowest BCUT2D eigenvalue weighted by Crippen LogP contribution is -1.96. The number of rotatable bonds is 9. The molecule has 0 saturated heterocycles. The van der Waals surface area contributed by atoms with Crippen molar-refractivity contribution in [2.45, 2.75) is 0 Å². The third-order valence-corrected chi connectivity index (χ3v) is 20.0. The topological polar surface area (TPSA) is 19.7 Å². The molecule has 0 aliphatic heterocycles. The van der Waals surface area contributed by atoms with Crippen molar-refractivity contribution in [3.05, 3.63) is 376 Å². The molecule has 0 unspecified atom stereocenters. The molecule has 0 aliphatic rings. The molecule has 4 heteroatoms. The van der Waals surface area contributed by atoms with Gasteiger partial charge >= 0.3 is 0 Å². The van der Waals surface area contributed by atoms with Crippen molar-refractivity contribution in [3.63, 3.8) is 0 Å². The molecule has 16 aromatic carbocycles. The molecule has 4 aromatic heterocycles. The summed E-state index contributed by atoms with van der Waals surface area (Å²) in [5, 5.41) is 12.6. The maximum absolute atomic E-state index is 2.46. The van der Waals surface area contributed by atoms with Crippen LogP contribution in [-0.2, 0) is 0 Å². The average molecular weight is 1250 g/mol. The van der Waals surface area contributed by atoms with Gasteiger partial charge in [0, 0.05) is 65.8 Å². The summed E-state index contributed by atoms with van der Waals surface area (Å²) in [4.78, 5) is 0. The van der Waals surface area contributed by atoms with Crippen LogP contribution >= 0.6 is 0 Å². The summed E-state index contributed by atoms with van der Waals surface area (Å²) in [6, 6.07) is 137. The third-order valence-electron chi connectivity index (χ3n) is 20.0. The van der Waals surface area contributed by atoms with Crippen molar-refractivity contribution < 1.29 is 0 Å². The first-order valence-electron chi connectivity index (χ1n) is 33.7. The van der Waals surface area contributed by atoms with Gasteiger partial charge in [-0.1, -0.05) is 273 Å². The first-order chi connectivity index (χ1) is 48.6. The Kier molecular flexibility index (Phi) is 13.5. The number of aromatic nitrogens is 4. The van der Waals surface area contributed by atoms with Crippen LogP contribution in [0.5, 0.6) is 0 Å². The van der Waals surface area contributed by atoms with Crippen molar-refractivity contribution in [1.29, 1.82) is 0 Å². The van der Waals surface area contributed by atoms with Gasteiger partial charge in [0.1, 0.15) is 0 Å². The minimum Gasteiger partial charge on any atom is -0.309 e. The largest absolute Gasteiger partial charge is 0.309 e. The molecule has 98 heavy (non-hydrogen) atoms. The van der Waals surface area contributed by atoms with Gasteiger partial charge in [-0.3, -0.25) is 0 Å². The van der Waals surface area contributed by atoms with Gasteiger partial charge in [0.2, 0.25) is 0 Å². The van der Waals surface area contributed by atoms with Gasteiger partial charge in [0.25, 0.3) is 0 Å². The fourth-order valence-electron chi connectivity index (χ4n) is 15.4.